The quantitative estimate of drug-likeness (QED) is 0.423. The van der Waals surface area contributed by atoms with Gasteiger partial charge in [0.1, 0.15) is 0 Å². The minimum absolute atomic E-state index is 0.526. The molecule has 2 N–H and O–H groups in total. The van der Waals surface area contributed by atoms with E-state index in [1.807, 2.05) is 7.05 Å². The van der Waals surface area contributed by atoms with Gasteiger partial charge >= 0.3 is 0 Å². The summed E-state index contributed by atoms with van der Waals surface area (Å²) in [7, 11) is 1.86. The Balaban J connectivity index is 1.45. The molecule has 5 nitrogen and oxygen atoms in total. The summed E-state index contributed by atoms with van der Waals surface area (Å²) in [6.45, 7) is 7.15. The molecule has 0 spiro atoms. The van der Waals surface area contributed by atoms with Crippen LogP contribution in [0.4, 0.5) is 0 Å². The van der Waals surface area contributed by atoms with E-state index in [-0.39, 0.29) is 0 Å². The zero-order valence-electron chi connectivity index (χ0n) is 11.8. The van der Waals surface area contributed by atoms with Gasteiger partial charge in [0, 0.05) is 58.4 Å². The van der Waals surface area contributed by atoms with Gasteiger partial charge in [-0.25, -0.2) is 0 Å². The summed E-state index contributed by atoms with van der Waals surface area (Å²) in [6, 6.07) is 1.17. The van der Waals surface area contributed by atoms with Gasteiger partial charge in [-0.3, -0.25) is 14.8 Å². The minimum Gasteiger partial charge on any atom is -0.355 e. The molecule has 0 saturated carbocycles. The lowest BCUT2D eigenvalue weighted by Crippen LogP contribution is -2.64. The Kier molecular flexibility index (Phi) is 4.03. The molecule has 3 fully saturated rings. The van der Waals surface area contributed by atoms with Crippen LogP contribution in [-0.2, 0) is 0 Å². The molecule has 0 aromatic carbocycles. The van der Waals surface area contributed by atoms with Crippen LogP contribution in [0.15, 0.2) is 17.1 Å². The number of guanidine groups is 1. The van der Waals surface area contributed by atoms with Crippen molar-refractivity contribution >= 4 is 5.96 Å². The summed E-state index contributed by atoms with van der Waals surface area (Å²) in [5, 5.41) is 6.99. The summed E-state index contributed by atoms with van der Waals surface area (Å²) >= 11 is 0. The third-order valence-electron chi connectivity index (χ3n) is 4.47. The van der Waals surface area contributed by atoms with Crippen LogP contribution in [0.25, 0.3) is 0 Å². The van der Waals surface area contributed by atoms with Crippen molar-refractivity contribution in [2.24, 2.45) is 4.99 Å². The molecule has 3 saturated heterocycles. The van der Waals surface area contributed by atoms with Gasteiger partial charge in [-0.05, 0) is 12.8 Å². The first-order valence-corrected chi connectivity index (χ1v) is 7.44. The van der Waals surface area contributed by atoms with Crippen LogP contribution in [-0.4, -0.2) is 74.2 Å². The zero-order valence-corrected chi connectivity index (χ0v) is 11.8. The molecule has 3 aliphatic heterocycles. The van der Waals surface area contributed by atoms with Crippen LogP contribution in [0.1, 0.15) is 12.8 Å². The molecule has 1 unspecified atom stereocenters. The van der Waals surface area contributed by atoms with Crippen LogP contribution in [0.2, 0.25) is 0 Å². The lowest BCUT2D eigenvalue weighted by Gasteiger charge is -2.47. The van der Waals surface area contributed by atoms with Crippen LogP contribution in [0, 0.1) is 0 Å². The van der Waals surface area contributed by atoms with Crippen molar-refractivity contribution in [3.05, 3.63) is 12.2 Å². The molecule has 1 aliphatic carbocycles. The molecule has 0 aromatic rings. The molecule has 5 heteroatoms. The summed E-state index contributed by atoms with van der Waals surface area (Å²) < 4.78 is 0. The molecule has 0 radical (unpaired) electrons. The van der Waals surface area contributed by atoms with E-state index in [4.69, 9.17) is 0 Å². The second kappa shape index (κ2) is 5.92. The van der Waals surface area contributed by atoms with Gasteiger partial charge in [0.15, 0.2) is 5.96 Å². The van der Waals surface area contributed by atoms with Crippen molar-refractivity contribution < 1.29 is 0 Å². The van der Waals surface area contributed by atoms with E-state index in [2.05, 4.69) is 37.6 Å². The number of nitrogens with one attached hydrogen (secondary N) is 2. The Morgan fingerprint density at radius 3 is 2.53 bits per heavy atom. The van der Waals surface area contributed by atoms with Crippen LogP contribution >= 0.6 is 0 Å². The summed E-state index contributed by atoms with van der Waals surface area (Å²) in [6.07, 6.45) is 6.71. The molecular formula is C14H25N5. The van der Waals surface area contributed by atoms with Gasteiger partial charge in [-0.15, -0.1) is 0 Å². The second-order valence-electron chi connectivity index (χ2n) is 5.73. The van der Waals surface area contributed by atoms with E-state index in [0.717, 1.165) is 25.3 Å². The topological polar surface area (TPSA) is 42.9 Å². The lowest BCUT2D eigenvalue weighted by atomic mass is 10.1. The number of hydrogen-bond acceptors (Lipinski definition) is 3. The Hall–Kier alpha value is -1.07. The van der Waals surface area contributed by atoms with E-state index >= 15 is 0 Å². The highest BCUT2D eigenvalue weighted by Crippen LogP contribution is 2.14. The van der Waals surface area contributed by atoms with Crippen LogP contribution in [0.3, 0.4) is 0 Å². The number of aliphatic imine (C=N–C) groups is 1. The van der Waals surface area contributed by atoms with E-state index in [9.17, 15) is 0 Å². The average molecular weight is 263 g/mol. The molecule has 3 heterocycles. The number of rotatable bonds is 3. The summed E-state index contributed by atoms with van der Waals surface area (Å²) in [4.78, 5) is 9.51. The van der Waals surface area contributed by atoms with Gasteiger partial charge in [0.2, 0.25) is 0 Å². The van der Waals surface area contributed by atoms with E-state index in [0.29, 0.717) is 12.1 Å². The van der Waals surface area contributed by atoms with Gasteiger partial charge < -0.3 is 10.6 Å². The fourth-order valence-electron chi connectivity index (χ4n) is 3.26. The van der Waals surface area contributed by atoms with Crippen molar-refractivity contribution in [1.29, 1.82) is 0 Å². The Morgan fingerprint density at radius 1 is 1.21 bits per heavy atom. The molecule has 0 amide bonds. The molecule has 1 atom stereocenters. The van der Waals surface area contributed by atoms with E-state index in [1.165, 1.54) is 32.7 Å². The van der Waals surface area contributed by atoms with Crippen molar-refractivity contribution in [3.8, 4) is 0 Å². The fraction of sp³-hybridized carbons (Fsp3) is 0.786. The standard InChI is InChI=1S/C14H25N5/c1-15-14(17-12-4-2-3-5-12)16-10-13-11-18-6-8-19(13)9-7-18/h2-3,12-13H,4-11H2,1H3,(H2,15,16,17). The molecule has 2 bridgehead atoms. The molecule has 106 valence electrons. The van der Waals surface area contributed by atoms with Crippen LogP contribution in [0.5, 0.6) is 0 Å². The fourth-order valence-corrected chi connectivity index (χ4v) is 3.26. The third-order valence-corrected chi connectivity index (χ3v) is 4.47. The van der Waals surface area contributed by atoms with Crippen molar-refractivity contribution in [3.63, 3.8) is 0 Å². The second-order valence-corrected chi connectivity index (χ2v) is 5.73. The highest BCUT2D eigenvalue weighted by molar-refractivity contribution is 5.80. The first-order valence-electron chi connectivity index (χ1n) is 7.44. The Bertz CT molecular complexity index is 349. The smallest absolute Gasteiger partial charge is 0.191 e. The number of piperazine rings is 3. The molecule has 19 heavy (non-hydrogen) atoms. The first kappa shape index (κ1) is 12.9. The molecular weight excluding hydrogens is 238 g/mol. The summed E-state index contributed by atoms with van der Waals surface area (Å²) in [5.41, 5.74) is 0. The van der Waals surface area contributed by atoms with Gasteiger partial charge in [-0.1, -0.05) is 12.2 Å². The predicted octanol–water partition coefficient (Wildman–Crippen LogP) is -0.130. The summed E-state index contributed by atoms with van der Waals surface area (Å²) in [5.74, 6) is 0.950. The maximum atomic E-state index is 4.33. The normalized spacial score (nSPS) is 34.8. The van der Waals surface area contributed by atoms with Gasteiger partial charge in [0.25, 0.3) is 0 Å². The van der Waals surface area contributed by atoms with Crippen molar-refractivity contribution in [1.82, 2.24) is 20.4 Å². The van der Waals surface area contributed by atoms with E-state index in [1.54, 1.807) is 0 Å². The average Bonchev–Trinajstić information content (AvgIpc) is 2.97. The van der Waals surface area contributed by atoms with Crippen molar-refractivity contribution in [2.45, 2.75) is 24.9 Å². The Labute approximate surface area is 115 Å². The lowest BCUT2D eigenvalue weighted by molar-refractivity contribution is 0.0154. The SMILES string of the molecule is CN=C(NCC1CN2CCN1CC2)NC1CC=CC1. The number of nitrogens with zero attached hydrogens (tertiary/aromatic N) is 3. The highest BCUT2D eigenvalue weighted by Gasteiger charge is 2.31. The van der Waals surface area contributed by atoms with Gasteiger partial charge in [-0.2, -0.15) is 0 Å². The highest BCUT2D eigenvalue weighted by atomic mass is 15.4. The molecule has 4 rings (SSSR count). The monoisotopic (exact) mass is 263 g/mol. The number of fused-ring (bicyclic) bond motifs is 3. The molecule has 4 aliphatic rings. The van der Waals surface area contributed by atoms with Crippen molar-refractivity contribution in [2.75, 3.05) is 46.3 Å². The predicted molar refractivity (Wildman–Crippen MR) is 78.5 cm³/mol. The number of hydrogen-bond donors (Lipinski definition) is 2. The maximum Gasteiger partial charge on any atom is 0.191 e. The third kappa shape index (κ3) is 3.09. The maximum absolute atomic E-state index is 4.33. The van der Waals surface area contributed by atoms with Gasteiger partial charge in [0.05, 0.1) is 0 Å². The minimum atomic E-state index is 0.526. The first-order chi connectivity index (χ1) is 9.35. The Morgan fingerprint density at radius 2 is 1.95 bits per heavy atom. The zero-order chi connectivity index (χ0) is 13.1. The van der Waals surface area contributed by atoms with Crippen LogP contribution < -0.4 is 10.6 Å². The van der Waals surface area contributed by atoms with E-state index < -0.39 is 0 Å². The largest absolute Gasteiger partial charge is 0.355 e. The molecule has 0 aromatic heterocycles.